The maximum Gasteiger partial charge on any atom is 0.265 e. The standard InChI is InChI=1S/C19H15FN2O3S/c1-12(23)13-3-2-4-17(10-13)26(24,25)22-8-7-15-9-14-5-6-16(20)11-18(14)21-19(15)22/h2-6,9-11H,7-8H2,1H3. The number of fused-ring (bicyclic) bond motifs is 2. The van der Waals surface area contributed by atoms with Crippen molar-refractivity contribution in [2.45, 2.75) is 18.2 Å². The Morgan fingerprint density at radius 3 is 2.73 bits per heavy atom. The van der Waals surface area contributed by atoms with Crippen molar-refractivity contribution in [3.05, 3.63) is 65.5 Å². The highest BCUT2D eigenvalue weighted by Crippen LogP contribution is 2.33. The first-order valence-corrected chi connectivity index (χ1v) is 9.53. The predicted octanol–water partition coefficient (Wildman–Crippen LogP) is 3.33. The molecule has 2 heterocycles. The fourth-order valence-electron chi connectivity index (χ4n) is 3.14. The van der Waals surface area contributed by atoms with E-state index in [4.69, 9.17) is 0 Å². The molecule has 0 N–H and O–H groups in total. The molecule has 0 bridgehead atoms. The van der Waals surface area contributed by atoms with Gasteiger partial charge in [-0.25, -0.2) is 22.1 Å². The molecule has 0 radical (unpaired) electrons. The average Bonchev–Trinajstić information content (AvgIpc) is 3.03. The molecular formula is C19H15FN2O3S. The van der Waals surface area contributed by atoms with E-state index < -0.39 is 15.8 Å². The smallest absolute Gasteiger partial charge is 0.265 e. The second kappa shape index (κ2) is 5.88. The van der Waals surface area contributed by atoms with Gasteiger partial charge in [0.25, 0.3) is 10.0 Å². The first kappa shape index (κ1) is 16.7. The summed E-state index contributed by atoms with van der Waals surface area (Å²) in [7, 11) is -3.86. The number of anilines is 1. The van der Waals surface area contributed by atoms with E-state index >= 15 is 0 Å². The van der Waals surface area contributed by atoms with Gasteiger partial charge in [-0.15, -0.1) is 0 Å². The SMILES string of the molecule is CC(=O)c1cccc(S(=O)(=O)N2CCc3cc4ccc(F)cc4nc32)c1. The Balaban J connectivity index is 1.83. The van der Waals surface area contributed by atoms with Crippen LogP contribution in [0.3, 0.4) is 0 Å². The largest absolute Gasteiger partial charge is 0.295 e. The van der Waals surface area contributed by atoms with Gasteiger partial charge < -0.3 is 0 Å². The fraction of sp³-hybridized carbons (Fsp3) is 0.158. The molecule has 1 aliphatic heterocycles. The Morgan fingerprint density at radius 1 is 1.15 bits per heavy atom. The van der Waals surface area contributed by atoms with E-state index in [1.807, 2.05) is 6.07 Å². The van der Waals surface area contributed by atoms with Crippen LogP contribution in [0.5, 0.6) is 0 Å². The van der Waals surface area contributed by atoms with Gasteiger partial charge in [0.1, 0.15) is 11.6 Å². The van der Waals surface area contributed by atoms with Crippen molar-refractivity contribution in [2.24, 2.45) is 0 Å². The van der Waals surface area contributed by atoms with Gasteiger partial charge in [-0.1, -0.05) is 12.1 Å². The van der Waals surface area contributed by atoms with Gasteiger partial charge in [-0.3, -0.25) is 4.79 Å². The Kier molecular flexibility index (Phi) is 3.77. The Labute approximate surface area is 150 Å². The molecule has 0 saturated heterocycles. The number of sulfonamides is 1. The summed E-state index contributed by atoms with van der Waals surface area (Å²) < 4.78 is 40.9. The first-order valence-electron chi connectivity index (χ1n) is 8.09. The molecule has 3 aromatic rings. The number of pyridine rings is 1. The molecule has 0 aliphatic carbocycles. The van der Waals surface area contributed by atoms with Crippen molar-refractivity contribution in [1.29, 1.82) is 0 Å². The van der Waals surface area contributed by atoms with Crippen molar-refractivity contribution in [1.82, 2.24) is 4.98 Å². The molecule has 0 saturated carbocycles. The number of hydrogen-bond donors (Lipinski definition) is 0. The molecule has 2 aromatic carbocycles. The van der Waals surface area contributed by atoms with Gasteiger partial charge in [0.15, 0.2) is 5.78 Å². The Hall–Kier alpha value is -2.80. The molecule has 132 valence electrons. The highest BCUT2D eigenvalue weighted by Gasteiger charge is 2.32. The van der Waals surface area contributed by atoms with Gasteiger partial charge in [0, 0.05) is 23.6 Å². The third-order valence-corrected chi connectivity index (χ3v) is 6.27. The van der Waals surface area contributed by atoms with Crippen LogP contribution in [0.1, 0.15) is 22.8 Å². The van der Waals surface area contributed by atoms with Crippen molar-refractivity contribution in [2.75, 3.05) is 10.8 Å². The van der Waals surface area contributed by atoms with Gasteiger partial charge >= 0.3 is 0 Å². The number of nitrogens with zero attached hydrogens (tertiary/aromatic N) is 2. The van der Waals surface area contributed by atoms with E-state index in [0.717, 1.165) is 10.9 Å². The third kappa shape index (κ3) is 2.64. The van der Waals surface area contributed by atoms with Crippen LogP contribution in [-0.2, 0) is 16.4 Å². The van der Waals surface area contributed by atoms with Crippen LogP contribution >= 0.6 is 0 Å². The van der Waals surface area contributed by atoms with Crippen LogP contribution in [0.2, 0.25) is 0 Å². The van der Waals surface area contributed by atoms with Gasteiger partial charge in [-0.2, -0.15) is 0 Å². The van der Waals surface area contributed by atoms with E-state index in [2.05, 4.69) is 4.98 Å². The molecule has 7 heteroatoms. The lowest BCUT2D eigenvalue weighted by atomic mass is 10.1. The van der Waals surface area contributed by atoms with Crippen molar-refractivity contribution in [3.63, 3.8) is 0 Å². The molecule has 1 aromatic heterocycles. The topological polar surface area (TPSA) is 67.3 Å². The van der Waals surface area contributed by atoms with Gasteiger partial charge in [0.2, 0.25) is 0 Å². The molecule has 0 atom stereocenters. The lowest BCUT2D eigenvalue weighted by Crippen LogP contribution is -2.29. The van der Waals surface area contributed by atoms with Crippen molar-refractivity contribution >= 4 is 32.5 Å². The van der Waals surface area contributed by atoms with Crippen LogP contribution in [0.25, 0.3) is 10.9 Å². The van der Waals surface area contributed by atoms with Crippen LogP contribution in [0, 0.1) is 5.82 Å². The summed E-state index contributed by atoms with van der Waals surface area (Å²) >= 11 is 0. The molecule has 4 rings (SSSR count). The lowest BCUT2D eigenvalue weighted by Gasteiger charge is -2.19. The summed E-state index contributed by atoms with van der Waals surface area (Å²) in [6, 6.07) is 12.1. The van der Waals surface area contributed by atoms with Gasteiger partial charge in [-0.05, 0) is 49.2 Å². The highest BCUT2D eigenvalue weighted by atomic mass is 32.2. The molecule has 1 aliphatic rings. The van der Waals surface area contributed by atoms with E-state index in [9.17, 15) is 17.6 Å². The highest BCUT2D eigenvalue weighted by molar-refractivity contribution is 7.92. The van der Waals surface area contributed by atoms with E-state index in [1.54, 1.807) is 18.2 Å². The summed E-state index contributed by atoms with van der Waals surface area (Å²) in [5.74, 6) is -0.314. The number of benzene rings is 2. The number of Topliss-reactive ketones (excluding diaryl/α,β-unsaturated/α-hetero) is 1. The number of aromatic nitrogens is 1. The van der Waals surface area contributed by atoms with Crippen LogP contribution in [0.4, 0.5) is 10.2 Å². The number of halogens is 1. The van der Waals surface area contributed by atoms with Crippen molar-refractivity contribution < 1.29 is 17.6 Å². The number of rotatable bonds is 3. The van der Waals surface area contributed by atoms with Gasteiger partial charge in [0.05, 0.1) is 10.4 Å². The zero-order valence-electron chi connectivity index (χ0n) is 13.9. The summed E-state index contributed by atoms with van der Waals surface area (Å²) in [6.45, 7) is 1.65. The number of ketones is 1. The van der Waals surface area contributed by atoms with E-state index in [0.29, 0.717) is 23.3 Å². The number of carbonyl (C=O) groups is 1. The minimum Gasteiger partial charge on any atom is -0.295 e. The van der Waals surface area contributed by atoms with Crippen LogP contribution in [-0.4, -0.2) is 25.7 Å². The summed E-state index contributed by atoms with van der Waals surface area (Å²) in [4.78, 5) is 16.0. The lowest BCUT2D eigenvalue weighted by molar-refractivity contribution is 0.101. The second-order valence-electron chi connectivity index (χ2n) is 6.22. The summed E-state index contributed by atoms with van der Waals surface area (Å²) in [6.07, 6.45) is 0.529. The molecule has 0 unspecified atom stereocenters. The second-order valence-corrected chi connectivity index (χ2v) is 8.08. The van der Waals surface area contributed by atoms with E-state index in [1.165, 1.54) is 35.5 Å². The zero-order valence-corrected chi connectivity index (χ0v) is 14.8. The summed E-state index contributed by atoms with van der Waals surface area (Å²) in [5.41, 5.74) is 1.54. The Bertz CT molecular complexity index is 1160. The minimum atomic E-state index is -3.86. The maximum absolute atomic E-state index is 13.5. The number of carbonyl (C=O) groups excluding carboxylic acids is 1. The average molecular weight is 370 g/mol. The predicted molar refractivity (Wildman–Crippen MR) is 96.4 cm³/mol. The maximum atomic E-state index is 13.5. The normalized spacial score (nSPS) is 13.8. The molecule has 5 nitrogen and oxygen atoms in total. The number of hydrogen-bond acceptors (Lipinski definition) is 4. The van der Waals surface area contributed by atoms with Crippen LogP contribution in [0.15, 0.2) is 53.4 Å². The van der Waals surface area contributed by atoms with Crippen LogP contribution < -0.4 is 4.31 Å². The Morgan fingerprint density at radius 2 is 1.96 bits per heavy atom. The molecule has 0 spiro atoms. The molecular weight excluding hydrogens is 355 g/mol. The zero-order chi connectivity index (χ0) is 18.5. The third-order valence-electron chi connectivity index (χ3n) is 4.48. The fourth-order valence-corrected chi connectivity index (χ4v) is 4.64. The molecule has 26 heavy (non-hydrogen) atoms. The summed E-state index contributed by atoms with van der Waals surface area (Å²) in [5, 5.41) is 0.767. The monoisotopic (exact) mass is 370 g/mol. The quantitative estimate of drug-likeness (QED) is 0.663. The van der Waals surface area contributed by atoms with Crippen molar-refractivity contribution in [3.8, 4) is 0 Å². The molecule has 0 amide bonds. The minimum absolute atomic E-state index is 0.0409. The van der Waals surface area contributed by atoms with E-state index in [-0.39, 0.29) is 17.2 Å². The molecule has 0 fully saturated rings. The first-order chi connectivity index (χ1) is 12.4.